The van der Waals surface area contributed by atoms with Crippen LogP contribution in [0.3, 0.4) is 0 Å². The van der Waals surface area contributed by atoms with Crippen molar-refractivity contribution < 1.29 is 8.42 Å². The van der Waals surface area contributed by atoms with Crippen LogP contribution in [0, 0.1) is 0 Å². The third-order valence-electron chi connectivity index (χ3n) is 1.87. The first-order chi connectivity index (χ1) is 7.97. The second-order valence-electron chi connectivity index (χ2n) is 3.16. The van der Waals surface area contributed by atoms with Crippen LogP contribution in [-0.2, 0) is 10.0 Å². The van der Waals surface area contributed by atoms with Crippen molar-refractivity contribution in [2.45, 2.75) is 13.3 Å². The molecule has 2 aromatic rings. The van der Waals surface area contributed by atoms with Crippen LogP contribution in [0.1, 0.15) is 0 Å². The van der Waals surface area contributed by atoms with Crippen molar-refractivity contribution >= 4 is 49.1 Å². The molecule has 1 aromatic heterocycles. The van der Waals surface area contributed by atoms with Crippen molar-refractivity contribution in [2.24, 2.45) is 5.14 Å². The molecule has 1 aromatic carbocycles. The number of benzene rings is 1. The van der Waals surface area contributed by atoms with E-state index in [9.17, 15) is 8.42 Å². The lowest BCUT2D eigenvalue weighted by Crippen LogP contribution is -2.09. The molecule has 90 valence electrons. The van der Waals surface area contributed by atoms with E-state index in [1.54, 1.807) is 0 Å². The molecule has 0 saturated carbocycles. The van der Waals surface area contributed by atoms with E-state index in [1.807, 2.05) is 30.3 Å². The van der Waals surface area contributed by atoms with E-state index in [2.05, 4.69) is 15.9 Å². The molecule has 0 saturated heterocycles. The number of sulfonamides is 1. The Kier molecular flexibility index (Phi) is 3.94. The molecule has 0 aliphatic carbocycles. The molecule has 3 nitrogen and oxygen atoms in total. The monoisotopic (exact) mass is 349 g/mol. The van der Waals surface area contributed by atoms with E-state index in [4.69, 9.17) is 5.14 Å². The minimum absolute atomic E-state index is 0.169. The number of primary sulfonamides is 1. The van der Waals surface area contributed by atoms with Crippen LogP contribution in [0.5, 0.6) is 0 Å². The SMILES string of the molecule is NS(=O)(=O)c1cc(Br)c(Sc2ccccc2)s1. The maximum Gasteiger partial charge on any atom is 0.247 e. The zero-order chi connectivity index (χ0) is 12.5. The van der Waals surface area contributed by atoms with E-state index >= 15 is 0 Å². The fourth-order valence-corrected chi connectivity index (χ4v) is 5.21. The van der Waals surface area contributed by atoms with Gasteiger partial charge in [0.05, 0.1) is 4.21 Å². The fourth-order valence-electron chi connectivity index (χ4n) is 1.14. The van der Waals surface area contributed by atoms with Gasteiger partial charge < -0.3 is 0 Å². The smallest absolute Gasteiger partial charge is 0.224 e. The van der Waals surface area contributed by atoms with Crippen molar-refractivity contribution in [1.82, 2.24) is 0 Å². The van der Waals surface area contributed by atoms with Crippen molar-refractivity contribution in [3.63, 3.8) is 0 Å². The highest BCUT2D eigenvalue weighted by Crippen LogP contribution is 2.40. The molecule has 0 radical (unpaired) electrons. The Bertz CT molecular complexity index is 622. The number of rotatable bonds is 3. The van der Waals surface area contributed by atoms with Gasteiger partial charge in [0.25, 0.3) is 0 Å². The summed E-state index contributed by atoms with van der Waals surface area (Å²) < 4.78 is 24.2. The largest absolute Gasteiger partial charge is 0.247 e. The molecule has 1 heterocycles. The maximum atomic E-state index is 11.2. The Labute approximate surface area is 116 Å². The minimum Gasteiger partial charge on any atom is -0.224 e. The summed E-state index contributed by atoms with van der Waals surface area (Å²) in [5.74, 6) is 0. The molecule has 17 heavy (non-hydrogen) atoms. The lowest BCUT2D eigenvalue weighted by molar-refractivity contribution is 0.600. The normalized spacial score (nSPS) is 11.6. The first-order valence-corrected chi connectivity index (χ1v) is 8.49. The Morgan fingerprint density at radius 1 is 1.24 bits per heavy atom. The van der Waals surface area contributed by atoms with E-state index in [-0.39, 0.29) is 4.21 Å². The van der Waals surface area contributed by atoms with Crippen molar-refractivity contribution in [1.29, 1.82) is 0 Å². The Morgan fingerprint density at radius 3 is 2.41 bits per heavy atom. The molecule has 0 spiro atoms. The predicted octanol–water partition coefficient (Wildman–Crippen LogP) is 3.31. The number of hydrogen-bond donors (Lipinski definition) is 1. The highest BCUT2D eigenvalue weighted by atomic mass is 79.9. The number of hydrogen-bond acceptors (Lipinski definition) is 4. The summed E-state index contributed by atoms with van der Waals surface area (Å²) in [6.45, 7) is 0. The van der Waals surface area contributed by atoms with Crippen LogP contribution in [0.25, 0.3) is 0 Å². The van der Waals surface area contributed by atoms with Gasteiger partial charge in [0, 0.05) is 9.37 Å². The molecule has 0 atom stereocenters. The summed E-state index contributed by atoms with van der Waals surface area (Å²) >= 11 is 6.00. The van der Waals surface area contributed by atoms with E-state index in [1.165, 1.54) is 17.8 Å². The van der Waals surface area contributed by atoms with Gasteiger partial charge in [-0.25, -0.2) is 13.6 Å². The predicted molar refractivity (Wildman–Crippen MR) is 74.0 cm³/mol. The molecular formula is C10H8BrNO2S3. The Hall–Kier alpha value is -0.340. The topological polar surface area (TPSA) is 60.2 Å². The molecule has 0 amide bonds. The minimum atomic E-state index is -3.62. The molecule has 0 bridgehead atoms. The maximum absolute atomic E-state index is 11.2. The van der Waals surface area contributed by atoms with Gasteiger partial charge >= 0.3 is 0 Å². The van der Waals surface area contributed by atoms with Crippen LogP contribution in [0.15, 0.2) is 54.2 Å². The summed E-state index contributed by atoms with van der Waals surface area (Å²) in [6.07, 6.45) is 0. The summed E-state index contributed by atoms with van der Waals surface area (Å²) in [5.41, 5.74) is 0. The first kappa shape index (κ1) is 13.1. The van der Waals surface area contributed by atoms with Gasteiger partial charge in [-0.1, -0.05) is 30.0 Å². The van der Waals surface area contributed by atoms with E-state index < -0.39 is 10.0 Å². The molecule has 0 aliphatic heterocycles. The van der Waals surface area contributed by atoms with E-state index in [0.29, 0.717) is 0 Å². The van der Waals surface area contributed by atoms with Crippen LogP contribution in [-0.4, -0.2) is 8.42 Å². The molecule has 2 N–H and O–H groups in total. The molecule has 0 aliphatic rings. The van der Waals surface area contributed by atoms with Gasteiger partial charge in [-0.15, -0.1) is 11.3 Å². The average molecular weight is 350 g/mol. The van der Waals surface area contributed by atoms with E-state index in [0.717, 1.165) is 24.9 Å². The van der Waals surface area contributed by atoms with Crippen molar-refractivity contribution in [2.75, 3.05) is 0 Å². The summed E-state index contributed by atoms with van der Waals surface area (Å²) in [5, 5.41) is 5.08. The fraction of sp³-hybridized carbons (Fsp3) is 0. The zero-order valence-electron chi connectivity index (χ0n) is 8.46. The Balaban J connectivity index is 2.32. The van der Waals surface area contributed by atoms with Crippen LogP contribution in [0.2, 0.25) is 0 Å². The molecule has 0 fully saturated rings. The standard InChI is InChI=1S/C10H8BrNO2S3/c11-8-6-9(17(12,13)14)16-10(8)15-7-4-2-1-3-5-7/h1-6H,(H2,12,13,14). The third-order valence-corrected chi connectivity index (χ3v) is 6.78. The lowest BCUT2D eigenvalue weighted by atomic mass is 10.4. The number of nitrogens with two attached hydrogens (primary N) is 1. The van der Waals surface area contributed by atoms with Crippen LogP contribution >= 0.6 is 39.0 Å². The third kappa shape index (κ3) is 3.32. The second kappa shape index (κ2) is 5.11. The van der Waals surface area contributed by atoms with Crippen molar-refractivity contribution in [3.8, 4) is 0 Å². The van der Waals surface area contributed by atoms with Crippen molar-refractivity contribution in [3.05, 3.63) is 40.9 Å². The van der Waals surface area contributed by atoms with Gasteiger partial charge in [0.15, 0.2) is 0 Å². The van der Waals surface area contributed by atoms with Gasteiger partial charge in [-0.3, -0.25) is 0 Å². The van der Waals surface area contributed by atoms with Crippen LogP contribution in [0.4, 0.5) is 0 Å². The summed E-state index contributed by atoms with van der Waals surface area (Å²) in [6, 6.07) is 11.3. The molecule has 0 unspecified atom stereocenters. The van der Waals surface area contributed by atoms with Gasteiger partial charge in [0.2, 0.25) is 10.0 Å². The average Bonchev–Trinajstić information content (AvgIpc) is 2.62. The molecule has 2 rings (SSSR count). The highest BCUT2D eigenvalue weighted by molar-refractivity contribution is 9.10. The van der Waals surface area contributed by atoms with Gasteiger partial charge in [-0.05, 0) is 34.1 Å². The zero-order valence-corrected chi connectivity index (χ0v) is 12.5. The second-order valence-corrected chi connectivity index (χ2v) is 8.20. The van der Waals surface area contributed by atoms with Gasteiger partial charge in [0.1, 0.15) is 4.21 Å². The molecular weight excluding hydrogens is 342 g/mol. The lowest BCUT2D eigenvalue weighted by Gasteiger charge is -1.97. The molecule has 7 heteroatoms. The Morgan fingerprint density at radius 2 is 1.88 bits per heavy atom. The van der Waals surface area contributed by atoms with Gasteiger partial charge in [-0.2, -0.15) is 0 Å². The number of thiophene rings is 1. The number of halogens is 1. The summed E-state index contributed by atoms with van der Waals surface area (Å²) in [7, 11) is -3.62. The highest BCUT2D eigenvalue weighted by Gasteiger charge is 2.15. The summed E-state index contributed by atoms with van der Waals surface area (Å²) in [4.78, 5) is 1.05. The quantitative estimate of drug-likeness (QED) is 0.924. The van der Waals surface area contributed by atoms with Crippen LogP contribution < -0.4 is 5.14 Å². The first-order valence-electron chi connectivity index (χ1n) is 4.52.